The standard InChI is InChI=1S/C23H23N3O8S2/c1-14(27)34-12-23(22(30)33-10-15-4-6-16(7-5-15)26(31)32)11-25-20(29)19(21(25)36-13-23)24-18(28)9-17-3-2-8-35-17/h2-8,19,21H,9-13H2,1H3,(H,24,28)/t19?,21-,23?/m1/s1. The molecule has 1 aromatic heterocycles. The van der Waals surface area contributed by atoms with E-state index < -0.39 is 28.3 Å². The number of benzene rings is 1. The van der Waals surface area contributed by atoms with Crippen LogP contribution in [0.25, 0.3) is 0 Å². The largest absolute Gasteiger partial charge is 0.465 e. The molecule has 0 radical (unpaired) electrons. The molecule has 3 heterocycles. The summed E-state index contributed by atoms with van der Waals surface area (Å²) in [6.07, 6.45) is 0.185. The molecule has 2 amide bonds. The predicted molar refractivity (Wildman–Crippen MR) is 130 cm³/mol. The van der Waals surface area contributed by atoms with Crippen molar-refractivity contribution in [3.63, 3.8) is 0 Å². The third kappa shape index (κ3) is 5.51. The first-order valence-corrected chi connectivity index (χ1v) is 12.9. The van der Waals surface area contributed by atoms with E-state index in [1.54, 1.807) is 0 Å². The molecule has 13 heteroatoms. The molecule has 1 aromatic carbocycles. The Kier molecular flexibility index (Phi) is 7.59. The van der Waals surface area contributed by atoms with E-state index in [-0.39, 0.29) is 54.8 Å². The lowest BCUT2D eigenvalue weighted by Crippen LogP contribution is -2.74. The van der Waals surface area contributed by atoms with E-state index in [0.29, 0.717) is 5.56 Å². The number of thiophene rings is 1. The maximum absolute atomic E-state index is 13.2. The number of nitrogens with zero attached hydrogens (tertiary/aromatic N) is 2. The van der Waals surface area contributed by atoms with Crippen LogP contribution in [0.2, 0.25) is 0 Å². The summed E-state index contributed by atoms with van der Waals surface area (Å²) in [6.45, 7) is 0.804. The summed E-state index contributed by atoms with van der Waals surface area (Å²) in [5.41, 5.74) is -0.819. The normalized spacial score (nSPS) is 22.7. The number of rotatable bonds is 9. The molecule has 190 valence electrons. The van der Waals surface area contributed by atoms with Crippen LogP contribution in [0.3, 0.4) is 0 Å². The van der Waals surface area contributed by atoms with E-state index in [9.17, 15) is 29.3 Å². The average molecular weight is 534 g/mol. The van der Waals surface area contributed by atoms with E-state index in [4.69, 9.17) is 9.47 Å². The first kappa shape index (κ1) is 25.6. The number of esters is 2. The molecule has 36 heavy (non-hydrogen) atoms. The SMILES string of the molecule is CC(=O)OCC1(C(=O)OCc2ccc([N+](=O)[O-])cc2)CS[C@@H]2C(NC(=O)Cc3cccs3)C(=O)N2C1. The Bertz CT molecular complexity index is 1170. The quantitative estimate of drug-likeness (QED) is 0.221. The molecule has 0 saturated carbocycles. The van der Waals surface area contributed by atoms with Crippen LogP contribution in [0.5, 0.6) is 0 Å². The fourth-order valence-corrected chi connectivity index (χ4v) is 6.17. The Balaban J connectivity index is 1.39. The Morgan fingerprint density at radius 3 is 2.61 bits per heavy atom. The van der Waals surface area contributed by atoms with Gasteiger partial charge >= 0.3 is 11.9 Å². The van der Waals surface area contributed by atoms with Crippen LogP contribution in [0.4, 0.5) is 5.69 Å². The molecule has 0 bridgehead atoms. The van der Waals surface area contributed by atoms with Crippen LogP contribution in [-0.4, -0.2) is 63.9 Å². The molecule has 0 spiro atoms. The number of nitro groups is 1. The number of thioether (sulfide) groups is 1. The number of hydrogen-bond donors (Lipinski definition) is 1. The molecule has 1 N–H and O–H groups in total. The molecule has 2 aliphatic rings. The van der Waals surface area contributed by atoms with Crippen molar-refractivity contribution in [1.82, 2.24) is 10.2 Å². The van der Waals surface area contributed by atoms with Crippen LogP contribution in [0, 0.1) is 15.5 Å². The average Bonchev–Trinajstić information content (AvgIpc) is 3.37. The zero-order valence-corrected chi connectivity index (χ0v) is 20.8. The third-order valence-corrected chi connectivity index (χ3v) is 8.34. The summed E-state index contributed by atoms with van der Waals surface area (Å²) >= 11 is 2.77. The number of non-ortho nitro benzene ring substituents is 1. The van der Waals surface area contributed by atoms with Crippen molar-refractivity contribution in [2.45, 2.75) is 31.4 Å². The summed E-state index contributed by atoms with van der Waals surface area (Å²) in [4.78, 5) is 62.5. The second-order valence-corrected chi connectivity index (χ2v) is 10.7. The van der Waals surface area contributed by atoms with Crippen molar-refractivity contribution < 1.29 is 33.6 Å². The van der Waals surface area contributed by atoms with E-state index >= 15 is 0 Å². The zero-order chi connectivity index (χ0) is 25.9. The van der Waals surface area contributed by atoms with Gasteiger partial charge in [0.2, 0.25) is 11.8 Å². The summed E-state index contributed by atoms with van der Waals surface area (Å²) in [6, 6.07) is 8.60. The molecule has 4 rings (SSSR count). The van der Waals surface area contributed by atoms with Crippen LogP contribution in [-0.2, 0) is 41.7 Å². The van der Waals surface area contributed by atoms with Gasteiger partial charge in [-0.15, -0.1) is 23.1 Å². The predicted octanol–water partition coefficient (Wildman–Crippen LogP) is 1.89. The summed E-state index contributed by atoms with van der Waals surface area (Å²) < 4.78 is 10.6. The van der Waals surface area contributed by atoms with Crippen molar-refractivity contribution in [2.24, 2.45) is 5.41 Å². The molecule has 11 nitrogen and oxygen atoms in total. The van der Waals surface area contributed by atoms with Crippen molar-refractivity contribution in [2.75, 3.05) is 18.9 Å². The number of carbonyl (C=O) groups excluding carboxylic acids is 4. The van der Waals surface area contributed by atoms with Gasteiger partial charge in [-0.1, -0.05) is 6.07 Å². The fraction of sp³-hybridized carbons (Fsp3) is 0.391. The molecule has 2 unspecified atom stereocenters. The van der Waals surface area contributed by atoms with Crippen LogP contribution in [0.15, 0.2) is 41.8 Å². The van der Waals surface area contributed by atoms with E-state index in [0.717, 1.165) is 4.88 Å². The fourth-order valence-electron chi connectivity index (χ4n) is 3.95. The number of ether oxygens (including phenoxy) is 2. The lowest BCUT2D eigenvalue weighted by atomic mass is 9.88. The van der Waals surface area contributed by atoms with Crippen LogP contribution < -0.4 is 5.32 Å². The minimum Gasteiger partial charge on any atom is -0.465 e. The zero-order valence-electron chi connectivity index (χ0n) is 19.2. The summed E-state index contributed by atoms with van der Waals surface area (Å²) in [5, 5.41) is 15.1. The molecule has 2 aliphatic heterocycles. The van der Waals surface area contributed by atoms with E-state index in [1.165, 1.54) is 59.2 Å². The Morgan fingerprint density at radius 1 is 1.22 bits per heavy atom. The van der Waals surface area contributed by atoms with Gasteiger partial charge in [0.15, 0.2) is 0 Å². The van der Waals surface area contributed by atoms with Gasteiger partial charge in [0.1, 0.15) is 30.0 Å². The Hall–Kier alpha value is -3.45. The number of β-lactam (4-membered cyclic amide) rings is 1. The van der Waals surface area contributed by atoms with Gasteiger partial charge in [-0.05, 0) is 29.1 Å². The van der Waals surface area contributed by atoms with E-state index in [1.807, 2.05) is 17.5 Å². The van der Waals surface area contributed by atoms with E-state index in [2.05, 4.69) is 5.32 Å². The maximum Gasteiger partial charge on any atom is 0.318 e. The number of hydrogen-bond acceptors (Lipinski definition) is 10. The number of fused-ring (bicyclic) bond motifs is 1. The van der Waals surface area contributed by atoms with Crippen molar-refractivity contribution >= 4 is 52.5 Å². The highest BCUT2D eigenvalue weighted by atomic mass is 32.2. The van der Waals surface area contributed by atoms with Crippen LogP contribution in [0.1, 0.15) is 17.4 Å². The lowest BCUT2D eigenvalue weighted by molar-refractivity contribution is -0.384. The first-order chi connectivity index (χ1) is 17.2. The minimum atomic E-state index is -1.28. The molecule has 2 fully saturated rings. The number of amides is 2. The van der Waals surface area contributed by atoms with Crippen molar-refractivity contribution in [1.29, 1.82) is 0 Å². The molecule has 2 saturated heterocycles. The summed E-state index contributed by atoms with van der Waals surface area (Å²) in [7, 11) is 0. The second kappa shape index (κ2) is 10.7. The third-order valence-electron chi connectivity index (χ3n) is 5.88. The van der Waals surface area contributed by atoms with Gasteiger partial charge in [0.05, 0.1) is 11.3 Å². The van der Waals surface area contributed by atoms with Gasteiger partial charge in [-0.2, -0.15) is 0 Å². The van der Waals surface area contributed by atoms with Gasteiger partial charge in [0.25, 0.3) is 5.69 Å². The van der Waals surface area contributed by atoms with Gasteiger partial charge < -0.3 is 19.7 Å². The molecule has 3 atom stereocenters. The smallest absolute Gasteiger partial charge is 0.318 e. The molecule has 2 aromatic rings. The topological polar surface area (TPSA) is 145 Å². The lowest BCUT2D eigenvalue weighted by Gasteiger charge is -2.53. The second-order valence-electron chi connectivity index (χ2n) is 8.53. The van der Waals surface area contributed by atoms with Crippen molar-refractivity contribution in [3.8, 4) is 0 Å². The molecular weight excluding hydrogens is 510 g/mol. The molecule has 0 aliphatic carbocycles. The maximum atomic E-state index is 13.2. The highest BCUT2D eigenvalue weighted by Gasteiger charge is 2.58. The van der Waals surface area contributed by atoms with Gasteiger partial charge in [-0.3, -0.25) is 29.3 Å². The first-order valence-electron chi connectivity index (χ1n) is 11.0. The highest BCUT2D eigenvalue weighted by Crippen LogP contribution is 2.43. The van der Waals surface area contributed by atoms with Gasteiger partial charge in [0, 0.05) is 36.2 Å². The summed E-state index contributed by atoms with van der Waals surface area (Å²) in [5.74, 6) is -1.58. The number of nitrogens with one attached hydrogen (secondary N) is 1. The number of nitro benzene ring substituents is 1. The van der Waals surface area contributed by atoms with Gasteiger partial charge in [-0.25, -0.2) is 0 Å². The monoisotopic (exact) mass is 533 g/mol. The van der Waals surface area contributed by atoms with Crippen molar-refractivity contribution in [3.05, 3.63) is 62.3 Å². The Labute approximate surface area is 214 Å². The van der Waals surface area contributed by atoms with Crippen LogP contribution >= 0.6 is 23.1 Å². The Morgan fingerprint density at radius 2 is 1.97 bits per heavy atom. The highest BCUT2D eigenvalue weighted by molar-refractivity contribution is 8.00. The minimum absolute atomic E-state index is 0.0207. The molecular formula is C23H23N3O8S2. The number of carbonyl (C=O) groups is 4.